The summed E-state index contributed by atoms with van der Waals surface area (Å²) >= 11 is 0. The van der Waals surface area contributed by atoms with Gasteiger partial charge < -0.3 is 5.32 Å². The van der Waals surface area contributed by atoms with E-state index in [-0.39, 0.29) is 5.92 Å². The Hall–Kier alpha value is -0.110. The van der Waals surface area contributed by atoms with E-state index in [1.54, 1.807) is 0 Å². The fourth-order valence-corrected chi connectivity index (χ4v) is 1.50. The molecule has 0 aromatic carbocycles. The molecule has 0 amide bonds. The standard InChI is InChI=1S/C9H18FN/c1-7(2)9(10)6-8-4-3-5-11-8/h7-9,11H,3-6H2,1-2H3. The van der Waals surface area contributed by atoms with Crippen molar-refractivity contribution in [1.82, 2.24) is 5.32 Å². The normalized spacial score (nSPS) is 27.8. The van der Waals surface area contributed by atoms with Gasteiger partial charge in [0.1, 0.15) is 6.17 Å². The maximum Gasteiger partial charge on any atom is 0.104 e. The average molecular weight is 159 g/mol. The third-order valence-electron chi connectivity index (χ3n) is 2.40. The van der Waals surface area contributed by atoms with Crippen LogP contribution in [0.5, 0.6) is 0 Å². The molecule has 0 bridgehead atoms. The summed E-state index contributed by atoms with van der Waals surface area (Å²) in [6.07, 6.45) is 2.46. The Morgan fingerprint density at radius 3 is 2.73 bits per heavy atom. The van der Waals surface area contributed by atoms with Crippen molar-refractivity contribution in [2.24, 2.45) is 5.92 Å². The molecule has 0 aromatic rings. The van der Waals surface area contributed by atoms with Crippen LogP contribution in [0.1, 0.15) is 33.1 Å². The van der Waals surface area contributed by atoms with E-state index in [1.165, 1.54) is 6.42 Å². The lowest BCUT2D eigenvalue weighted by Crippen LogP contribution is -2.27. The van der Waals surface area contributed by atoms with Gasteiger partial charge in [0.05, 0.1) is 0 Å². The molecule has 66 valence electrons. The zero-order valence-corrected chi connectivity index (χ0v) is 7.44. The van der Waals surface area contributed by atoms with Gasteiger partial charge in [-0.1, -0.05) is 13.8 Å². The zero-order valence-electron chi connectivity index (χ0n) is 7.44. The van der Waals surface area contributed by atoms with E-state index >= 15 is 0 Å². The Morgan fingerprint density at radius 1 is 1.55 bits per heavy atom. The molecule has 1 aliphatic heterocycles. The molecule has 0 spiro atoms. The molecule has 1 N–H and O–H groups in total. The van der Waals surface area contributed by atoms with E-state index in [0.717, 1.165) is 13.0 Å². The first-order valence-corrected chi connectivity index (χ1v) is 4.57. The van der Waals surface area contributed by atoms with Gasteiger partial charge >= 0.3 is 0 Å². The third kappa shape index (κ3) is 2.78. The molecule has 0 aromatic heterocycles. The van der Waals surface area contributed by atoms with Gasteiger partial charge in [-0.2, -0.15) is 0 Å². The van der Waals surface area contributed by atoms with Crippen molar-refractivity contribution in [3.8, 4) is 0 Å². The Labute approximate surface area is 68.4 Å². The number of hydrogen-bond donors (Lipinski definition) is 1. The minimum Gasteiger partial charge on any atom is -0.314 e. The second-order valence-electron chi connectivity index (χ2n) is 3.79. The van der Waals surface area contributed by atoms with Crippen LogP contribution in [0.3, 0.4) is 0 Å². The molecule has 2 heteroatoms. The lowest BCUT2D eigenvalue weighted by Gasteiger charge is -2.16. The molecule has 1 saturated heterocycles. The summed E-state index contributed by atoms with van der Waals surface area (Å²) in [7, 11) is 0. The van der Waals surface area contributed by atoms with Gasteiger partial charge in [0.2, 0.25) is 0 Å². The van der Waals surface area contributed by atoms with Crippen molar-refractivity contribution in [3.05, 3.63) is 0 Å². The molecule has 1 fully saturated rings. The highest BCUT2D eigenvalue weighted by atomic mass is 19.1. The summed E-state index contributed by atoms with van der Waals surface area (Å²) in [5, 5.41) is 3.30. The van der Waals surface area contributed by atoms with Gasteiger partial charge in [0.15, 0.2) is 0 Å². The lowest BCUT2D eigenvalue weighted by molar-refractivity contribution is 0.221. The second kappa shape index (κ2) is 4.05. The Morgan fingerprint density at radius 2 is 2.27 bits per heavy atom. The molecular formula is C9H18FN. The molecular weight excluding hydrogens is 141 g/mol. The summed E-state index contributed by atoms with van der Waals surface area (Å²) in [6, 6.07) is 0.451. The predicted molar refractivity (Wildman–Crippen MR) is 45.4 cm³/mol. The maximum absolute atomic E-state index is 13.1. The highest BCUT2D eigenvalue weighted by molar-refractivity contribution is 4.78. The largest absolute Gasteiger partial charge is 0.314 e. The van der Waals surface area contributed by atoms with Crippen LogP contribution in [0, 0.1) is 5.92 Å². The molecule has 1 nitrogen and oxygen atoms in total. The SMILES string of the molecule is CC(C)C(F)CC1CCCN1. The van der Waals surface area contributed by atoms with Crippen LogP contribution < -0.4 is 5.32 Å². The monoisotopic (exact) mass is 159 g/mol. The Kier molecular flexibility index (Phi) is 3.31. The van der Waals surface area contributed by atoms with E-state index in [2.05, 4.69) is 5.32 Å². The number of hydrogen-bond acceptors (Lipinski definition) is 1. The summed E-state index contributed by atoms with van der Waals surface area (Å²) in [4.78, 5) is 0. The molecule has 2 atom stereocenters. The molecule has 2 unspecified atom stereocenters. The van der Waals surface area contributed by atoms with Crippen LogP contribution in [0.2, 0.25) is 0 Å². The minimum absolute atomic E-state index is 0.178. The van der Waals surface area contributed by atoms with Gasteiger partial charge in [-0.25, -0.2) is 4.39 Å². The van der Waals surface area contributed by atoms with Gasteiger partial charge in [-0.15, -0.1) is 0 Å². The highest BCUT2D eigenvalue weighted by Crippen LogP contribution is 2.17. The van der Waals surface area contributed by atoms with Crippen molar-refractivity contribution in [1.29, 1.82) is 0 Å². The smallest absolute Gasteiger partial charge is 0.104 e. The highest BCUT2D eigenvalue weighted by Gasteiger charge is 2.20. The van der Waals surface area contributed by atoms with Crippen LogP contribution in [0.25, 0.3) is 0 Å². The molecule has 11 heavy (non-hydrogen) atoms. The summed E-state index contributed by atoms with van der Waals surface area (Å²) in [5.74, 6) is 0.178. The van der Waals surface area contributed by atoms with Crippen LogP contribution in [0.15, 0.2) is 0 Å². The molecule has 1 rings (SSSR count). The number of rotatable bonds is 3. The summed E-state index contributed by atoms with van der Waals surface area (Å²) in [6.45, 7) is 4.97. The number of alkyl halides is 1. The van der Waals surface area contributed by atoms with Gasteiger partial charge in [-0.3, -0.25) is 0 Å². The topological polar surface area (TPSA) is 12.0 Å². The molecule has 0 saturated carbocycles. The van der Waals surface area contributed by atoms with Crippen molar-refractivity contribution < 1.29 is 4.39 Å². The first kappa shape index (κ1) is 8.98. The van der Waals surface area contributed by atoms with Crippen molar-refractivity contribution in [2.75, 3.05) is 6.54 Å². The quantitative estimate of drug-likeness (QED) is 0.665. The first-order valence-electron chi connectivity index (χ1n) is 4.57. The van der Waals surface area contributed by atoms with Gasteiger partial charge in [0, 0.05) is 6.04 Å². The van der Waals surface area contributed by atoms with Crippen LogP contribution in [0.4, 0.5) is 4.39 Å². The third-order valence-corrected chi connectivity index (χ3v) is 2.40. The van der Waals surface area contributed by atoms with E-state index < -0.39 is 6.17 Å². The van der Waals surface area contributed by atoms with Gasteiger partial charge in [-0.05, 0) is 31.7 Å². The lowest BCUT2D eigenvalue weighted by atomic mass is 10.0. The maximum atomic E-state index is 13.1. The summed E-state index contributed by atoms with van der Waals surface area (Å²) in [5.41, 5.74) is 0. The van der Waals surface area contributed by atoms with Gasteiger partial charge in [0.25, 0.3) is 0 Å². The number of halogens is 1. The predicted octanol–water partition coefficient (Wildman–Crippen LogP) is 2.12. The Bertz CT molecular complexity index is 108. The number of nitrogens with one attached hydrogen (secondary N) is 1. The van der Waals surface area contributed by atoms with Crippen LogP contribution >= 0.6 is 0 Å². The zero-order chi connectivity index (χ0) is 8.27. The average Bonchev–Trinajstić information content (AvgIpc) is 2.39. The van der Waals surface area contributed by atoms with Crippen molar-refractivity contribution in [2.45, 2.75) is 45.3 Å². The van der Waals surface area contributed by atoms with E-state index in [9.17, 15) is 4.39 Å². The summed E-state index contributed by atoms with van der Waals surface area (Å²) < 4.78 is 13.1. The van der Waals surface area contributed by atoms with Crippen molar-refractivity contribution in [3.63, 3.8) is 0 Å². The molecule has 0 radical (unpaired) electrons. The van der Waals surface area contributed by atoms with E-state index in [1.807, 2.05) is 13.8 Å². The minimum atomic E-state index is -0.620. The second-order valence-corrected chi connectivity index (χ2v) is 3.79. The first-order chi connectivity index (χ1) is 5.20. The molecule has 0 aliphatic carbocycles. The van der Waals surface area contributed by atoms with Crippen molar-refractivity contribution >= 4 is 0 Å². The fourth-order valence-electron chi connectivity index (χ4n) is 1.50. The fraction of sp³-hybridized carbons (Fsp3) is 1.00. The van der Waals surface area contributed by atoms with E-state index in [0.29, 0.717) is 12.5 Å². The Balaban J connectivity index is 2.18. The molecule has 1 aliphatic rings. The van der Waals surface area contributed by atoms with Crippen LogP contribution in [-0.2, 0) is 0 Å². The van der Waals surface area contributed by atoms with E-state index in [4.69, 9.17) is 0 Å². The molecule has 1 heterocycles. The van der Waals surface area contributed by atoms with Crippen LogP contribution in [-0.4, -0.2) is 18.8 Å².